The molecule has 1 aromatic heterocycles. The van der Waals surface area contributed by atoms with Crippen LogP contribution in [0.15, 0.2) is 66.0 Å². The minimum absolute atomic E-state index is 0.365. The SMILES string of the molecule is COC1c2cc(NCc3ccccc3)ccc2OC(C)(C)C1OC(=O)c1cccs1. The van der Waals surface area contributed by atoms with Crippen LogP contribution in [-0.4, -0.2) is 24.8 Å². The first-order chi connectivity index (χ1) is 14.5. The number of anilines is 1. The molecule has 5 nitrogen and oxygen atoms in total. The Hall–Kier alpha value is -2.83. The number of fused-ring (bicyclic) bond motifs is 1. The van der Waals surface area contributed by atoms with Crippen molar-refractivity contribution in [3.05, 3.63) is 82.0 Å². The van der Waals surface area contributed by atoms with E-state index in [-0.39, 0.29) is 5.97 Å². The quantitative estimate of drug-likeness (QED) is 0.535. The lowest BCUT2D eigenvalue weighted by molar-refractivity contribution is -0.129. The fourth-order valence-electron chi connectivity index (χ4n) is 3.67. The molecular formula is C24H25NO4S. The molecule has 0 radical (unpaired) electrons. The minimum Gasteiger partial charge on any atom is -0.483 e. The van der Waals surface area contributed by atoms with Crippen molar-refractivity contribution in [2.45, 2.75) is 38.2 Å². The van der Waals surface area contributed by atoms with Crippen molar-refractivity contribution in [1.82, 2.24) is 0 Å². The van der Waals surface area contributed by atoms with Crippen molar-refractivity contribution in [3.63, 3.8) is 0 Å². The maximum Gasteiger partial charge on any atom is 0.348 e. The third-order valence-corrected chi connectivity index (χ3v) is 6.05. The van der Waals surface area contributed by atoms with Crippen LogP contribution in [-0.2, 0) is 16.0 Å². The molecular weight excluding hydrogens is 398 g/mol. The summed E-state index contributed by atoms with van der Waals surface area (Å²) in [6, 6.07) is 19.7. The Morgan fingerprint density at radius 2 is 1.93 bits per heavy atom. The van der Waals surface area contributed by atoms with Gasteiger partial charge < -0.3 is 19.5 Å². The predicted octanol–water partition coefficient (Wildman–Crippen LogP) is 5.44. The van der Waals surface area contributed by atoms with Crippen LogP contribution in [0.4, 0.5) is 5.69 Å². The molecule has 2 unspecified atom stereocenters. The van der Waals surface area contributed by atoms with E-state index >= 15 is 0 Å². The van der Waals surface area contributed by atoms with E-state index < -0.39 is 17.8 Å². The number of thiophene rings is 1. The molecule has 1 N–H and O–H groups in total. The van der Waals surface area contributed by atoms with E-state index in [0.717, 1.165) is 17.0 Å². The van der Waals surface area contributed by atoms with Crippen LogP contribution in [0.3, 0.4) is 0 Å². The van der Waals surface area contributed by atoms with E-state index in [1.165, 1.54) is 16.9 Å². The zero-order valence-electron chi connectivity index (χ0n) is 17.3. The summed E-state index contributed by atoms with van der Waals surface area (Å²) in [5.74, 6) is 0.371. The summed E-state index contributed by atoms with van der Waals surface area (Å²) in [4.78, 5) is 13.2. The van der Waals surface area contributed by atoms with Crippen LogP contribution in [0.1, 0.15) is 40.8 Å². The molecule has 30 heavy (non-hydrogen) atoms. The van der Waals surface area contributed by atoms with E-state index in [2.05, 4.69) is 17.4 Å². The summed E-state index contributed by atoms with van der Waals surface area (Å²) in [6.07, 6.45) is -1.03. The number of methoxy groups -OCH3 is 1. The van der Waals surface area contributed by atoms with Crippen molar-refractivity contribution in [1.29, 1.82) is 0 Å². The van der Waals surface area contributed by atoms with Gasteiger partial charge in [0.25, 0.3) is 0 Å². The predicted molar refractivity (Wildman–Crippen MR) is 118 cm³/mol. The number of hydrogen-bond donors (Lipinski definition) is 1. The van der Waals surface area contributed by atoms with Gasteiger partial charge in [0.1, 0.15) is 22.3 Å². The Labute approximate surface area is 180 Å². The van der Waals surface area contributed by atoms with Crippen LogP contribution in [0.25, 0.3) is 0 Å². The summed E-state index contributed by atoms with van der Waals surface area (Å²) in [6.45, 7) is 4.53. The van der Waals surface area contributed by atoms with Gasteiger partial charge >= 0.3 is 5.97 Å². The molecule has 2 heterocycles. The Bertz CT molecular complexity index is 1000. The summed E-state index contributed by atoms with van der Waals surface area (Å²) in [5, 5.41) is 5.29. The molecule has 2 atom stereocenters. The van der Waals surface area contributed by atoms with Crippen LogP contribution >= 0.6 is 11.3 Å². The highest BCUT2D eigenvalue weighted by Gasteiger charge is 2.47. The normalized spacial score (nSPS) is 19.4. The Balaban J connectivity index is 1.58. The van der Waals surface area contributed by atoms with Gasteiger partial charge in [-0.05, 0) is 49.1 Å². The van der Waals surface area contributed by atoms with Crippen molar-refractivity contribution < 1.29 is 19.0 Å². The molecule has 0 amide bonds. The maximum atomic E-state index is 12.6. The standard InChI is InChI=1S/C24H25NO4S/c1-24(2)22(28-23(26)20-10-7-13-30-20)21(27-3)18-14-17(11-12-19(18)29-24)25-15-16-8-5-4-6-9-16/h4-14,21-22,25H,15H2,1-3H3. The molecule has 2 aromatic carbocycles. The number of carbonyl (C=O) groups is 1. The molecule has 0 saturated carbocycles. The van der Waals surface area contributed by atoms with E-state index in [0.29, 0.717) is 11.4 Å². The Morgan fingerprint density at radius 3 is 2.63 bits per heavy atom. The number of esters is 1. The highest BCUT2D eigenvalue weighted by Crippen LogP contribution is 2.44. The Morgan fingerprint density at radius 1 is 1.13 bits per heavy atom. The summed E-state index contributed by atoms with van der Waals surface area (Å²) in [7, 11) is 1.63. The molecule has 0 saturated heterocycles. The van der Waals surface area contributed by atoms with Crippen LogP contribution in [0.2, 0.25) is 0 Å². The smallest absolute Gasteiger partial charge is 0.348 e. The van der Waals surface area contributed by atoms with Gasteiger partial charge in [0.2, 0.25) is 0 Å². The van der Waals surface area contributed by atoms with Gasteiger partial charge in [0.05, 0.1) is 0 Å². The number of hydrogen-bond acceptors (Lipinski definition) is 6. The number of nitrogens with one attached hydrogen (secondary N) is 1. The van der Waals surface area contributed by atoms with Crippen molar-refractivity contribution in [3.8, 4) is 5.75 Å². The number of rotatable bonds is 6. The van der Waals surface area contributed by atoms with Crippen molar-refractivity contribution in [2.75, 3.05) is 12.4 Å². The molecule has 1 aliphatic heterocycles. The van der Waals surface area contributed by atoms with Gasteiger partial charge in [-0.2, -0.15) is 0 Å². The maximum absolute atomic E-state index is 12.6. The molecule has 0 fully saturated rings. The van der Waals surface area contributed by atoms with Gasteiger partial charge in [-0.3, -0.25) is 0 Å². The number of benzene rings is 2. The molecule has 156 valence electrons. The van der Waals surface area contributed by atoms with Crippen LogP contribution in [0.5, 0.6) is 5.75 Å². The third kappa shape index (κ3) is 4.20. The molecule has 4 rings (SSSR count). The molecule has 3 aromatic rings. The summed E-state index contributed by atoms with van der Waals surface area (Å²) < 4.78 is 17.9. The average molecular weight is 424 g/mol. The fraction of sp³-hybridized carbons (Fsp3) is 0.292. The second-order valence-corrected chi connectivity index (χ2v) is 8.70. The monoisotopic (exact) mass is 423 g/mol. The van der Waals surface area contributed by atoms with Gasteiger partial charge in [-0.15, -0.1) is 11.3 Å². The van der Waals surface area contributed by atoms with Gasteiger partial charge in [-0.1, -0.05) is 36.4 Å². The second kappa shape index (κ2) is 8.50. The molecule has 0 aliphatic carbocycles. The molecule has 6 heteroatoms. The second-order valence-electron chi connectivity index (χ2n) is 7.76. The first-order valence-electron chi connectivity index (χ1n) is 9.86. The van der Waals surface area contributed by atoms with E-state index in [1.807, 2.05) is 61.7 Å². The average Bonchev–Trinajstić information content (AvgIpc) is 3.28. The highest BCUT2D eigenvalue weighted by atomic mass is 32.1. The lowest BCUT2D eigenvalue weighted by Gasteiger charge is -2.43. The number of carbonyl (C=O) groups excluding carboxylic acids is 1. The van der Waals surface area contributed by atoms with Crippen LogP contribution in [0, 0.1) is 0 Å². The first-order valence-corrected chi connectivity index (χ1v) is 10.7. The zero-order valence-corrected chi connectivity index (χ0v) is 18.1. The largest absolute Gasteiger partial charge is 0.483 e. The van der Waals surface area contributed by atoms with Crippen molar-refractivity contribution in [2.24, 2.45) is 0 Å². The minimum atomic E-state index is -0.737. The van der Waals surface area contributed by atoms with Gasteiger partial charge in [0, 0.05) is 24.9 Å². The van der Waals surface area contributed by atoms with Crippen LogP contribution < -0.4 is 10.1 Å². The molecule has 1 aliphatic rings. The number of ether oxygens (including phenoxy) is 3. The lowest BCUT2D eigenvalue weighted by Crippen LogP contribution is -2.51. The third-order valence-electron chi connectivity index (χ3n) is 5.20. The van der Waals surface area contributed by atoms with E-state index in [9.17, 15) is 4.79 Å². The summed E-state index contributed by atoms with van der Waals surface area (Å²) in [5.41, 5.74) is 2.27. The van der Waals surface area contributed by atoms with Crippen molar-refractivity contribution >= 4 is 23.0 Å². The highest BCUT2D eigenvalue weighted by molar-refractivity contribution is 7.11. The fourth-order valence-corrected chi connectivity index (χ4v) is 4.27. The van der Waals surface area contributed by atoms with Gasteiger partial charge in [-0.25, -0.2) is 4.79 Å². The first kappa shape index (κ1) is 20.4. The molecule has 0 spiro atoms. The lowest BCUT2D eigenvalue weighted by atomic mass is 9.88. The van der Waals surface area contributed by atoms with E-state index in [1.54, 1.807) is 13.2 Å². The zero-order chi connectivity index (χ0) is 21.1. The topological polar surface area (TPSA) is 56.8 Å². The van der Waals surface area contributed by atoms with Gasteiger partial charge in [0.15, 0.2) is 6.10 Å². The molecule has 0 bridgehead atoms. The summed E-state index contributed by atoms with van der Waals surface area (Å²) >= 11 is 1.35. The van der Waals surface area contributed by atoms with E-state index in [4.69, 9.17) is 14.2 Å². The Kier molecular flexibility index (Phi) is 5.79.